The molecule has 0 aromatic carbocycles. The van der Waals surface area contributed by atoms with Gasteiger partial charge in [0.15, 0.2) is 0 Å². The van der Waals surface area contributed by atoms with Gasteiger partial charge in [-0.1, -0.05) is 0 Å². The molecule has 0 atom stereocenters. The van der Waals surface area contributed by atoms with E-state index in [-0.39, 0.29) is 12.6 Å². The van der Waals surface area contributed by atoms with Gasteiger partial charge >= 0.3 is 6.03 Å². The van der Waals surface area contributed by atoms with E-state index >= 15 is 0 Å². The van der Waals surface area contributed by atoms with Crippen LogP contribution in [0.25, 0.3) is 0 Å². The van der Waals surface area contributed by atoms with Crippen molar-refractivity contribution in [1.82, 2.24) is 4.90 Å². The molecule has 1 aliphatic heterocycles. The van der Waals surface area contributed by atoms with Gasteiger partial charge in [-0.3, -0.25) is 5.32 Å². The van der Waals surface area contributed by atoms with Crippen LogP contribution in [0, 0.1) is 6.92 Å². The van der Waals surface area contributed by atoms with Crippen LogP contribution in [0.15, 0.2) is 6.07 Å². The zero-order valence-corrected chi connectivity index (χ0v) is 8.73. The van der Waals surface area contributed by atoms with Crippen molar-refractivity contribution < 1.29 is 9.90 Å². The van der Waals surface area contributed by atoms with Gasteiger partial charge in [-0.2, -0.15) is 0 Å². The van der Waals surface area contributed by atoms with Crippen molar-refractivity contribution in [3.63, 3.8) is 0 Å². The van der Waals surface area contributed by atoms with Crippen molar-refractivity contribution in [3.05, 3.63) is 16.5 Å². The molecule has 2 N–H and O–H groups in total. The van der Waals surface area contributed by atoms with E-state index in [1.165, 1.54) is 4.88 Å². The summed E-state index contributed by atoms with van der Waals surface area (Å²) in [7, 11) is 0. The normalized spacial score (nSPS) is 15.3. The average molecular weight is 212 g/mol. The van der Waals surface area contributed by atoms with Gasteiger partial charge in [-0.05, 0) is 13.0 Å². The molecule has 14 heavy (non-hydrogen) atoms. The predicted molar refractivity (Wildman–Crippen MR) is 55.6 cm³/mol. The number of aryl methyl sites for hydroxylation is 1. The lowest BCUT2D eigenvalue weighted by Crippen LogP contribution is -2.39. The first-order valence-electron chi connectivity index (χ1n) is 4.47. The summed E-state index contributed by atoms with van der Waals surface area (Å²) in [6.07, 6.45) is 0. The van der Waals surface area contributed by atoms with Gasteiger partial charge in [0.05, 0.1) is 13.2 Å². The summed E-state index contributed by atoms with van der Waals surface area (Å²) in [5, 5.41) is 12.5. The van der Waals surface area contributed by atoms with Gasteiger partial charge in [0.1, 0.15) is 5.00 Å². The Morgan fingerprint density at radius 3 is 3.21 bits per heavy atom. The second kappa shape index (κ2) is 3.59. The summed E-state index contributed by atoms with van der Waals surface area (Å²) in [4.78, 5) is 14.3. The number of fused-ring (bicyclic) bond motifs is 1. The quantitative estimate of drug-likeness (QED) is 0.778. The molecular formula is C9H12N2O2S. The molecule has 2 heterocycles. The van der Waals surface area contributed by atoms with Gasteiger partial charge in [-0.25, -0.2) is 4.79 Å². The van der Waals surface area contributed by atoms with Crippen LogP contribution in [-0.4, -0.2) is 29.2 Å². The molecule has 2 amide bonds. The Labute approximate surface area is 86.2 Å². The van der Waals surface area contributed by atoms with Gasteiger partial charge in [-0.15, -0.1) is 11.3 Å². The number of hydrogen-bond donors (Lipinski definition) is 2. The average Bonchev–Trinajstić information content (AvgIpc) is 2.45. The number of thiophene rings is 1. The number of carbonyl (C=O) groups excluding carboxylic acids is 1. The van der Waals surface area contributed by atoms with Gasteiger partial charge < -0.3 is 10.0 Å². The van der Waals surface area contributed by atoms with Gasteiger partial charge in [0.2, 0.25) is 0 Å². The number of aliphatic hydroxyl groups excluding tert-OH is 1. The zero-order valence-electron chi connectivity index (χ0n) is 7.91. The standard InChI is InChI=1S/C9H12N2O2S/c1-6-4-7-5-11(2-3-12)9(13)10-8(7)14-6/h4,12H,2-3,5H2,1H3,(H,10,13). The minimum Gasteiger partial charge on any atom is -0.395 e. The predicted octanol–water partition coefficient (Wildman–Crippen LogP) is 1.40. The van der Waals surface area contributed by atoms with Crippen LogP contribution in [0.4, 0.5) is 9.80 Å². The molecule has 1 aromatic rings. The lowest BCUT2D eigenvalue weighted by Gasteiger charge is -2.26. The SMILES string of the molecule is Cc1cc2c(s1)NC(=O)N(CCO)C2. The van der Waals surface area contributed by atoms with Crippen molar-refractivity contribution >= 4 is 22.4 Å². The van der Waals surface area contributed by atoms with Crippen molar-refractivity contribution in [2.75, 3.05) is 18.5 Å². The molecule has 0 saturated heterocycles. The summed E-state index contributed by atoms with van der Waals surface area (Å²) in [6, 6.07) is 1.96. The molecule has 1 aromatic heterocycles. The van der Waals surface area contributed by atoms with Crippen LogP contribution >= 0.6 is 11.3 Å². The molecule has 0 unspecified atom stereocenters. The first-order chi connectivity index (χ1) is 6.70. The topological polar surface area (TPSA) is 52.6 Å². The van der Waals surface area contributed by atoms with E-state index in [0.29, 0.717) is 13.1 Å². The second-order valence-corrected chi connectivity index (χ2v) is 4.54. The molecule has 0 bridgehead atoms. The highest BCUT2D eigenvalue weighted by molar-refractivity contribution is 7.16. The Morgan fingerprint density at radius 2 is 2.50 bits per heavy atom. The molecule has 1 aliphatic rings. The maximum absolute atomic E-state index is 11.5. The molecule has 76 valence electrons. The molecule has 0 fully saturated rings. The fourth-order valence-corrected chi connectivity index (χ4v) is 2.46. The molecule has 0 saturated carbocycles. The lowest BCUT2D eigenvalue weighted by molar-refractivity contribution is 0.183. The summed E-state index contributed by atoms with van der Waals surface area (Å²) < 4.78 is 0. The first-order valence-corrected chi connectivity index (χ1v) is 5.28. The summed E-state index contributed by atoms with van der Waals surface area (Å²) in [5.41, 5.74) is 1.14. The van der Waals surface area contributed by atoms with E-state index in [2.05, 4.69) is 11.4 Å². The van der Waals surface area contributed by atoms with Crippen molar-refractivity contribution in [2.24, 2.45) is 0 Å². The Morgan fingerprint density at radius 1 is 1.71 bits per heavy atom. The highest BCUT2D eigenvalue weighted by Gasteiger charge is 2.23. The number of nitrogens with zero attached hydrogens (tertiary/aromatic N) is 1. The molecule has 2 rings (SSSR count). The maximum Gasteiger partial charge on any atom is 0.322 e. The number of aliphatic hydroxyl groups is 1. The van der Waals surface area contributed by atoms with Crippen molar-refractivity contribution in [1.29, 1.82) is 0 Å². The largest absolute Gasteiger partial charge is 0.395 e. The third-order valence-corrected chi connectivity index (χ3v) is 3.18. The van der Waals surface area contributed by atoms with Crippen LogP contribution in [0.3, 0.4) is 0 Å². The number of amides is 2. The Bertz CT molecular complexity index is 362. The third-order valence-electron chi connectivity index (χ3n) is 2.17. The van der Waals surface area contributed by atoms with Crippen molar-refractivity contribution in [2.45, 2.75) is 13.5 Å². The molecule has 5 heteroatoms. The lowest BCUT2D eigenvalue weighted by atomic mass is 10.2. The smallest absolute Gasteiger partial charge is 0.322 e. The maximum atomic E-state index is 11.5. The minimum absolute atomic E-state index is 0.00583. The highest BCUT2D eigenvalue weighted by atomic mass is 32.1. The number of rotatable bonds is 2. The number of anilines is 1. The Kier molecular flexibility index (Phi) is 2.43. The Hall–Kier alpha value is -1.07. The number of nitrogens with one attached hydrogen (secondary N) is 1. The highest BCUT2D eigenvalue weighted by Crippen LogP contribution is 2.31. The summed E-state index contributed by atoms with van der Waals surface area (Å²) >= 11 is 1.59. The van der Waals surface area contributed by atoms with Crippen LogP contribution in [0.1, 0.15) is 10.4 Å². The summed E-state index contributed by atoms with van der Waals surface area (Å²) in [5.74, 6) is 0. The van der Waals surface area contributed by atoms with Gasteiger partial charge in [0.25, 0.3) is 0 Å². The van der Waals surface area contributed by atoms with Crippen LogP contribution in [0.2, 0.25) is 0 Å². The first kappa shape index (κ1) is 9.48. The van der Waals surface area contributed by atoms with Crippen molar-refractivity contribution in [3.8, 4) is 0 Å². The van der Waals surface area contributed by atoms with E-state index < -0.39 is 0 Å². The number of carbonyl (C=O) groups is 1. The number of β-amino-alcohol motifs (C(OH)–C–C–N with tert-alkyl or cyclic N) is 1. The van der Waals surface area contributed by atoms with Crippen LogP contribution in [0.5, 0.6) is 0 Å². The molecule has 0 radical (unpaired) electrons. The molecule has 4 nitrogen and oxygen atoms in total. The van der Waals surface area contributed by atoms with E-state index in [1.54, 1.807) is 16.2 Å². The zero-order chi connectivity index (χ0) is 10.1. The third kappa shape index (κ3) is 1.60. The van der Waals surface area contributed by atoms with E-state index in [4.69, 9.17) is 5.11 Å². The number of urea groups is 1. The number of hydrogen-bond acceptors (Lipinski definition) is 3. The van der Waals surface area contributed by atoms with E-state index in [0.717, 1.165) is 10.6 Å². The molecule has 0 aliphatic carbocycles. The van der Waals surface area contributed by atoms with Gasteiger partial charge in [0, 0.05) is 17.0 Å². The van der Waals surface area contributed by atoms with E-state index in [9.17, 15) is 4.79 Å². The Balaban J connectivity index is 2.22. The second-order valence-electron chi connectivity index (χ2n) is 3.29. The molecule has 0 spiro atoms. The van der Waals surface area contributed by atoms with Crippen LogP contribution in [-0.2, 0) is 6.54 Å². The van der Waals surface area contributed by atoms with Crippen LogP contribution < -0.4 is 5.32 Å². The molecular weight excluding hydrogens is 200 g/mol. The fraction of sp³-hybridized carbons (Fsp3) is 0.444. The minimum atomic E-state index is -0.117. The fourth-order valence-electron chi connectivity index (χ4n) is 1.55. The summed E-state index contributed by atoms with van der Waals surface area (Å²) in [6.45, 7) is 3.02. The van der Waals surface area contributed by atoms with E-state index in [1.807, 2.05) is 6.92 Å². The monoisotopic (exact) mass is 212 g/mol.